The third kappa shape index (κ3) is 4.11. The maximum atomic E-state index is 10.7. The number of hydrogen-bond acceptors (Lipinski definition) is 4. The van der Waals surface area contributed by atoms with Crippen LogP contribution in [-0.4, -0.2) is 15.1 Å². The molecule has 0 aliphatic carbocycles. The highest BCUT2D eigenvalue weighted by Gasteiger charge is 2.17. The summed E-state index contributed by atoms with van der Waals surface area (Å²) < 4.78 is 0. The van der Waals surface area contributed by atoms with E-state index in [4.69, 9.17) is 0 Å². The van der Waals surface area contributed by atoms with Gasteiger partial charge in [0.1, 0.15) is 5.75 Å². The van der Waals surface area contributed by atoms with Crippen molar-refractivity contribution in [3.05, 3.63) is 77.0 Å². The van der Waals surface area contributed by atoms with Gasteiger partial charge in [0.05, 0.1) is 5.52 Å². The van der Waals surface area contributed by atoms with Crippen LogP contribution >= 0.6 is 0 Å². The zero-order chi connectivity index (χ0) is 22.3. The molecule has 0 fully saturated rings. The zero-order valence-electron chi connectivity index (χ0n) is 19.0. The number of anilines is 2. The summed E-state index contributed by atoms with van der Waals surface area (Å²) in [7, 11) is 0. The average molecular weight is 412 g/mol. The lowest BCUT2D eigenvalue weighted by atomic mass is 9.85. The van der Waals surface area contributed by atoms with E-state index in [1.807, 2.05) is 37.3 Å². The van der Waals surface area contributed by atoms with Gasteiger partial charge in [0.2, 0.25) is 5.95 Å². The van der Waals surface area contributed by atoms with Gasteiger partial charge in [-0.2, -0.15) is 0 Å². The highest BCUT2D eigenvalue weighted by atomic mass is 16.3. The second-order valence-electron chi connectivity index (χ2n) is 9.30. The Kier molecular flexibility index (Phi) is 5.18. The van der Waals surface area contributed by atoms with Gasteiger partial charge < -0.3 is 10.4 Å². The predicted octanol–water partition coefficient (Wildman–Crippen LogP) is 6.97. The number of nitrogens with zero attached hydrogens (tertiary/aromatic N) is 2. The molecule has 0 aliphatic rings. The number of aromatic nitrogens is 2. The van der Waals surface area contributed by atoms with E-state index < -0.39 is 0 Å². The van der Waals surface area contributed by atoms with E-state index in [9.17, 15) is 5.11 Å². The van der Waals surface area contributed by atoms with Crippen LogP contribution in [0.25, 0.3) is 22.0 Å². The van der Waals surface area contributed by atoms with Gasteiger partial charge in [-0.3, -0.25) is 0 Å². The molecule has 4 rings (SSSR count). The van der Waals surface area contributed by atoms with E-state index in [1.54, 1.807) is 12.3 Å². The molecule has 1 heterocycles. The summed E-state index contributed by atoms with van der Waals surface area (Å²) in [6.07, 6.45) is 1.81. The summed E-state index contributed by atoms with van der Waals surface area (Å²) in [6, 6.07) is 16.1. The Hall–Kier alpha value is -3.40. The normalized spacial score (nSPS) is 11.7. The first-order chi connectivity index (χ1) is 14.6. The number of phenolic OH excluding ortho intramolecular Hbond substituents is 1. The van der Waals surface area contributed by atoms with Crippen molar-refractivity contribution >= 4 is 22.5 Å². The topological polar surface area (TPSA) is 58.0 Å². The van der Waals surface area contributed by atoms with Crippen LogP contribution in [0.15, 0.2) is 54.7 Å². The summed E-state index contributed by atoms with van der Waals surface area (Å²) in [5.74, 6) is 0.735. The fourth-order valence-corrected chi connectivity index (χ4v) is 3.92. The van der Waals surface area contributed by atoms with Gasteiger partial charge in [0.25, 0.3) is 0 Å². The molecule has 0 saturated carbocycles. The number of aryl methyl sites for hydroxylation is 3. The zero-order valence-corrected chi connectivity index (χ0v) is 19.0. The van der Waals surface area contributed by atoms with Crippen LogP contribution in [0.1, 0.15) is 43.0 Å². The lowest BCUT2D eigenvalue weighted by Gasteiger charge is -2.22. The first-order valence-corrected chi connectivity index (χ1v) is 10.6. The number of hydrogen-bond donors (Lipinski definition) is 2. The van der Waals surface area contributed by atoms with Crippen molar-refractivity contribution in [3.8, 4) is 16.9 Å². The minimum absolute atomic E-state index is 0.0971. The smallest absolute Gasteiger partial charge is 0.227 e. The van der Waals surface area contributed by atoms with Crippen molar-refractivity contribution in [1.29, 1.82) is 0 Å². The SMILES string of the molecule is Cc1ccccc1-c1cc2cnc(Nc3c(C)cc(C(C)(C)C)cc3C)nc2cc1O. The van der Waals surface area contributed by atoms with Gasteiger partial charge in [-0.1, -0.05) is 57.2 Å². The van der Waals surface area contributed by atoms with Gasteiger partial charge in [-0.25, -0.2) is 9.97 Å². The van der Waals surface area contributed by atoms with Crippen molar-refractivity contribution in [2.75, 3.05) is 5.32 Å². The maximum absolute atomic E-state index is 10.7. The number of aromatic hydroxyl groups is 1. The predicted molar refractivity (Wildman–Crippen MR) is 129 cm³/mol. The van der Waals surface area contributed by atoms with E-state index >= 15 is 0 Å². The monoisotopic (exact) mass is 411 g/mol. The second kappa shape index (κ2) is 7.69. The Morgan fingerprint density at radius 2 is 1.52 bits per heavy atom. The molecule has 3 aromatic carbocycles. The minimum atomic E-state index is 0.0971. The fourth-order valence-electron chi connectivity index (χ4n) is 3.92. The molecule has 31 heavy (non-hydrogen) atoms. The van der Waals surface area contributed by atoms with E-state index in [2.05, 4.69) is 62.0 Å². The van der Waals surface area contributed by atoms with E-state index in [0.29, 0.717) is 11.5 Å². The lowest BCUT2D eigenvalue weighted by molar-refractivity contribution is 0.478. The minimum Gasteiger partial charge on any atom is -0.507 e. The largest absolute Gasteiger partial charge is 0.507 e. The molecule has 0 saturated heterocycles. The number of fused-ring (bicyclic) bond motifs is 1. The molecular weight excluding hydrogens is 382 g/mol. The molecule has 0 radical (unpaired) electrons. The van der Waals surface area contributed by atoms with Crippen molar-refractivity contribution in [3.63, 3.8) is 0 Å². The van der Waals surface area contributed by atoms with Crippen molar-refractivity contribution < 1.29 is 5.11 Å². The van der Waals surface area contributed by atoms with Crippen LogP contribution < -0.4 is 5.32 Å². The van der Waals surface area contributed by atoms with E-state index in [-0.39, 0.29) is 11.2 Å². The van der Waals surface area contributed by atoms with Gasteiger partial charge in [-0.05, 0) is 60.1 Å². The van der Waals surface area contributed by atoms with Crippen LogP contribution in [-0.2, 0) is 5.41 Å². The number of phenols is 1. The fraction of sp³-hybridized carbons (Fsp3) is 0.259. The molecule has 4 aromatic rings. The third-order valence-corrected chi connectivity index (χ3v) is 5.77. The average Bonchev–Trinajstić information content (AvgIpc) is 2.70. The quantitative estimate of drug-likeness (QED) is 0.382. The molecule has 4 nitrogen and oxygen atoms in total. The molecular formula is C27H29N3O. The Morgan fingerprint density at radius 3 is 2.16 bits per heavy atom. The van der Waals surface area contributed by atoms with Crippen LogP contribution in [0.3, 0.4) is 0 Å². The second-order valence-corrected chi connectivity index (χ2v) is 9.30. The summed E-state index contributed by atoms with van der Waals surface area (Å²) >= 11 is 0. The van der Waals surface area contributed by atoms with Crippen molar-refractivity contribution in [1.82, 2.24) is 9.97 Å². The Balaban J connectivity index is 1.71. The summed E-state index contributed by atoms with van der Waals surface area (Å²) in [4.78, 5) is 9.20. The molecule has 158 valence electrons. The maximum Gasteiger partial charge on any atom is 0.227 e. The third-order valence-electron chi connectivity index (χ3n) is 5.77. The summed E-state index contributed by atoms with van der Waals surface area (Å²) in [5, 5.41) is 15.0. The standard InChI is InChI=1S/C27H29N3O/c1-16-9-7-8-10-21(16)22-13-19-15-28-26(29-23(19)14-24(22)31)30-25-17(2)11-20(12-18(25)3)27(4,5)6/h7-15,31H,1-6H3,(H,28,29,30). The molecule has 4 heteroatoms. The highest BCUT2D eigenvalue weighted by molar-refractivity contribution is 5.89. The number of rotatable bonds is 3. The van der Waals surface area contributed by atoms with Crippen molar-refractivity contribution in [2.24, 2.45) is 0 Å². The molecule has 0 unspecified atom stereocenters. The molecule has 0 bridgehead atoms. The molecule has 2 N–H and O–H groups in total. The Labute approximate surface area is 184 Å². The van der Waals surface area contributed by atoms with Gasteiger partial charge in [-0.15, -0.1) is 0 Å². The molecule has 1 aromatic heterocycles. The van der Waals surface area contributed by atoms with E-state index in [1.165, 1.54) is 5.56 Å². The Bertz CT molecular complexity index is 1260. The van der Waals surface area contributed by atoms with Crippen molar-refractivity contribution in [2.45, 2.75) is 47.0 Å². The van der Waals surface area contributed by atoms with Gasteiger partial charge in [0.15, 0.2) is 0 Å². The Morgan fingerprint density at radius 1 is 0.839 bits per heavy atom. The van der Waals surface area contributed by atoms with Crippen LogP contribution in [0.4, 0.5) is 11.6 Å². The molecule has 0 atom stereocenters. The first-order valence-electron chi connectivity index (χ1n) is 10.6. The number of benzene rings is 3. The first kappa shape index (κ1) is 20.9. The molecule has 0 amide bonds. The molecule has 0 aliphatic heterocycles. The summed E-state index contributed by atoms with van der Waals surface area (Å²) in [6.45, 7) is 12.9. The van der Waals surface area contributed by atoms with Crippen LogP contribution in [0, 0.1) is 20.8 Å². The van der Waals surface area contributed by atoms with Crippen LogP contribution in [0.5, 0.6) is 5.75 Å². The highest BCUT2D eigenvalue weighted by Crippen LogP contribution is 2.35. The van der Waals surface area contributed by atoms with E-state index in [0.717, 1.165) is 38.9 Å². The van der Waals surface area contributed by atoms with Crippen LogP contribution in [0.2, 0.25) is 0 Å². The van der Waals surface area contributed by atoms with Gasteiger partial charge in [0, 0.05) is 28.9 Å². The summed E-state index contributed by atoms with van der Waals surface area (Å²) in [5.41, 5.74) is 8.36. The lowest BCUT2D eigenvalue weighted by Crippen LogP contribution is -2.12. The van der Waals surface area contributed by atoms with Gasteiger partial charge >= 0.3 is 0 Å². The molecule has 0 spiro atoms. The number of nitrogens with one attached hydrogen (secondary N) is 1.